The molecule has 0 aromatic heterocycles. The van der Waals surface area contributed by atoms with Gasteiger partial charge in [-0.25, -0.2) is 13.1 Å². The van der Waals surface area contributed by atoms with Crippen LogP contribution in [0.15, 0.2) is 23.1 Å². The first-order valence-electron chi connectivity index (χ1n) is 11.9. The number of aliphatic carboxylic acids is 1. The van der Waals surface area contributed by atoms with Crippen molar-refractivity contribution in [3.8, 4) is 5.75 Å². The van der Waals surface area contributed by atoms with Gasteiger partial charge < -0.3 is 20.0 Å². The Hall–Kier alpha value is -2.46. The minimum absolute atomic E-state index is 0.0579. The van der Waals surface area contributed by atoms with E-state index in [-0.39, 0.29) is 22.8 Å². The molecule has 1 amide bonds. The smallest absolute Gasteiger partial charge is 0.305 e. The van der Waals surface area contributed by atoms with Gasteiger partial charge in [0.15, 0.2) is 0 Å². The molecule has 4 aliphatic carbocycles. The number of carboxylic acid groups (broad SMARTS) is 1. The van der Waals surface area contributed by atoms with E-state index in [1.54, 1.807) is 0 Å². The third-order valence-electron chi connectivity index (χ3n) is 7.55. The van der Waals surface area contributed by atoms with Crippen molar-refractivity contribution in [1.29, 1.82) is 0 Å². The lowest BCUT2D eigenvalue weighted by atomic mass is 9.51. The van der Waals surface area contributed by atoms with Crippen molar-refractivity contribution in [2.75, 3.05) is 11.9 Å². The van der Waals surface area contributed by atoms with Crippen molar-refractivity contribution in [3.63, 3.8) is 0 Å². The molecule has 1 unspecified atom stereocenters. The maximum atomic E-state index is 13.0. The van der Waals surface area contributed by atoms with Crippen molar-refractivity contribution < 1.29 is 32.6 Å². The van der Waals surface area contributed by atoms with Crippen LogP contribution in [0.1, 0.15) is 51.9 Å². The minimum Gasteiger partial charge on any atom is -0.492 e. The SMILES string of the molecule is CC(=O)Nc1ccc(S(=O)(=O)NC(C=O)CC(=O)O)c(OCCC2C3CC4CC(C3)CC2C4)c1. The van der Waals surface area contributed by atoms with E-state index in [2.05, 4.69) is 10.0 Å². The van der Waals surface area contributed by atoms with E-state index >= 15 is 0 Å². The zero-order valence-corrected chi connectivity index (χ0v) is 20.1. The molecule has 0 heterocycles. The molecule has 4 bridgehead atoms. The molecule has 10 heteroatoms. The number of benzene rings is 1. The zero-order chi connectivity index (χ0) is 24.5. The standard InChI is InChI=1S/C24H32N2O7S/c1-14(28)25-19-2-3-23(34(31,32)26-20(13-27)12-24(29)30)22(11-19)33-5-4-21-17-7-15-6-16(9-17)10-18(21)8-15/h2-3,11,13,15-18,20-21,26H,4-10,12H2,1H3,(H,25,28)(H,29,30). The summed E-state index contributed by atoms with van der Waals surface area (Å²) in [6.45, 7) is 1.69. The van der Waals surface area contributed by atoms with Gasteiger partial charge >= 0.3 is 5.97 Å². The van der Waals surface area contributed by atoms with Crippen LogP contribution in [-0.4, -0.2) is 44.3 Å². The van der Waals surface area contributed by atoms with Gasteiger partial charge in [0.2, 0.25) is 15.9 Å². The van der Waals surface area contributed by atoms with E-state index in [1.165, 1.54) is 57.2 Å². The number of carboxylic acids is 1. The predicted molar refractivity (Wildman–Crippen MR) is 124 cm³/mol. The van der Waals surface area contributed by atoms with Gasteiger partial charge in [-0.05, 0) is 80.2 Å². The highest BCUT2D eigenvalue weighted by molar-refractivity contribution is 7.89. The Morgan fingerprint density at radius 1 is 1.15 bits per heavy atom. The fraction of sp³-hybridized carbons (Fsp3) is 0.625. The molecule has 34 heavy (non-hydrogen) atoms. The lowest BCUT2D eigenvalue weighted by Crippen LogP contribution is -2.45. The Morgan fingerprint density at radius 2 is 1.79 bits per heavy atom. The van der Waals surface area contributed by atoms with Crippen LogP contribution in [0.25, 0.3) is 0 Å². The van der Waals surface area contributed by atoms with Crippen LogP contribution in [-0.2, 0) is 24.4 Å². The number of hydrogen-bond acceptors (Lipinski definition) is 6. The molecule has 4 aliphatic rings. The highest BCUT2D eigenvalue weighted by Crippen LogP contribution is 2.57. The Balaban J connectivity index is 1.49. The quantitative estimate of drug-likeness (QED) is 0.404. The molecule has 1 aromatic rings. The number of sulfonamides is 1. The number of nitrogens with one attached hydrogen (secondary N) is 2. The summed E-state index contributed by atoms with van der Waals surface area (Å²) >= 11 is 0. The van der Waals surface area contributed by atoms with Crippen molar-refractivity contribution in [2.45, 2.75) is 62.8 Å². The fourth-order valence-electron chi connectivity index (χ4n) is 6.51. The predicted octanol–water partition coefficient (Wildman–Crippen LogP) is 2.81. The maximum absolute atomic E-state index is 13.0. The molecule has 1 aromatic carbocycles. The van der Waals surface area contributed by atoms with Gasteiger partial charge in [0.25, 0.3) is 0 Å². The van der Waals surface area contributed by atoms with Gasteiger partial charge in [0.1, 0.15) is 16.9 Å². The van der Waals surface area contributed by atoms with E-state index in [9.17, 15) is 22.8 Å². The molecule has 0 aliphatic heterocycles. The van der Waals surface area contributed by atoms with Crippen molar-refractivity contribution in [2.24, 2.45) is 29.6 Å². The summed E-state index contributed by atoms with van der Waals surface area (Å²) in [6.07, 6.45) is 6.95. The molecule has 0 saturated heterocycles. The van der Waals surface area contributed by atoms with Gasteiger partial charge in [-0.1, -0.05) is 0 Å². The molecule has 9 nitrogen and oxygen atoms in total. The Morgan fingerprint density at radius 3 is 2.35 bits per heavy atom. The number of anilines is 1. The fourth-order valence-corrected chi connectivity index (χ4v) is 7.80. The first-order valence-corrected chi connectivity index (χ1v) is 13.4. The summed E-state index contributed by atoms with van der Waals surface area (Å²) in [5.74, 6) is 2.21. The Kier molecular flexibility index (Phi) is 7.28. The monoisotopic (exact) mass is 492 g/mol. The average Bonchev–Trinajstić information content (AvgIpc) is 2.73. The number of aldehydes is 1. The van der Waals surface area contributed by atoms with Gasteiger partial charge in [-0.15, -0.1) is 0 Å². The Labute approximate surface area is 199 Å². The van der Waals surface area contributed by atoms with Crippen LogP contribution in [0, 0.1) is 29.6 Å². The van der Waals surface area contributed by atoms with Gasteiger partial charge in [-0.2, -0.15) is 0 Å². The van der Waals surface area contributed by atoms with Crippen LogP contribution >= 0.6 is 0 Å². The van der Waals surface area contributed by atoms with E-state index in [0.29, 0.717) is 18.2 Å². The summed E-state index contributed by atoms with van der Waals surface area (Å²) in [7, 11) is -4.25. The molecule has 0 radical (unpaired) electrons. The van der Waals surface area contributed by atoms with E-state index in [1.807, 2.05) is 0 Å². The number of carbonyl (C=O) groups is 3. The summed E-state index contributed by atoms with van der Waals surface area (Å²) < 4.78 is 34.0. The van der Waals surface area contributed by atoms with E-state index < -0.39 is 28.5 Å². The van der Waals surface area contributed by atoms with Crippen molar-refractivity contribution in [1.82, 2.24) is 4.72 Å². The van der Waals surface area contributed by atoms with Crippen LogP contribution < -0.4 is 14.8 Å². The highest BCUT2D eigenvalue weighted by atomic mass is 32.2. The first-order chi connectivity index (χ1) is 16.1. The maximum Gasteiger partial charge on any atom is 0.305 e. The number of rotatable bonds is 11. The topological polar surface area (TPSA) is 139 Å². The van der Waals surface area contributed by atoms with Crippen LogP contribution in [0.2, 0.25) is 0 Å². The number of carbonyl (C=O) groups excluding carboxylic acids is 2. The van der Waals surface area contributed by atoms with Gasteiger partial charge in [-0.3, -0.25) is 9.59 Å². The molecule has 4 fully saturated rings. The van der Waals surface area contributed by atoms with Gasteiger partial charge in [0.05, 0.1) is 19.1 Å². The summed E-state index contributed by atoms with van der Waals surface area (Å²) in [5.41, 5.74) is 0.383. The molecule has 186 valence electrons. The van der Waals surface area contributed by atoms with Crippen LogP contribution in [0.3, 0.4) is 0 Å². The molecular formula is C24H32N2O7S. The second-order valence-electron chi connectivity index (χ2n) is 10.0. The van der Waals surface area contributed by atoms with E-state index in [0.717, 1.165) is 30.1 Å². The number of hydrogen-bond donors (Lipinski definition) is 3. The van der Waals surface area contributed by atoms with Crippen LogP contribution in [0.5, 0.6) is 5.75 Å². The molecule has 3 N–H and O–H groups in total. The molecule has 1 atom stereocenters. The lowest BCUT2D eigenvalue weighted by molar-refractivity contribution is -0.138. The normalized spacial score (nSPS) is 28.3. The summed E-state index contributed by atoms with van der Waals surface area (Å²) in [5, 5.41) is 11.5. The van der Waals surface area contributed by atoms with Gasteiger partial charge in [0, 0.05) is 18.7 Å². The second-order valence-corrected chi connectivity index (χ2v) is 11.7. The molecule has 5 rings (SSSR count). The Bertz CT molecular complexity index is 1030. The highest BCUT2D eigenvalue weighted by Gasteiger charge is 2.47. The largest absolute Gasteiger partial charge is 0.492 e. The number of ether oxygens (including phenoxy) is 1. The average molecular weight is 493 g/mol. The summed E-state index contributed by atoms with van der Waals surface area (Å²) in [4.78, 5) is 33.4. The lowest BCUT2D eigenvalue weighted by Gasteiger charge is -2.54. The molecular weight excluding hydrogens is 460 g/mol. The van der Waals surface area contributed by atoms with Crippen LogP contribution in [0.4, 0.5) is 5.69 Å². The zero-order valence-electron chi connectivity index (χ0n) is 19.2. The van der Waals surface area contributed by atoms with E-state index in [4.69, 9.17) is 9.84 Å². The minimum atomic E-state index is -4.25. The second kappa shape index (κ2) is 10.0. The summed E-state index contributed by atoms with van der Waals surface area (Å²) in [6, 6.07) is 2.75. The van der Waals surface area contributed by atoms with Crippen molar-refractivity contribution >= 4 is 33.9 Å². The third-order valence-corrected chi connectivity index (χ3v) is 9.08. The molecule has 4 saturated carbocycles. The third kappa shape index (κ3) is 5.60. The van der Waals surface area contributed by atoms with Crippen molar-refractivity contribution in [3.05, 3.63) is 18.2 Å². The molecule has 0 spiro atoms. The first kappa shape index (κ1) is 24.7. The number of amides is 1.